The molecule has 12 aromatic heterocycles. The maximum atomic E-state index is 16.0. The molecule has 22 rings (SSSR count). The predicted octanol–water partition coefficient (Wildman–Crippen LogP) is 2.39. The van der Waals surface area contributed by atoms with Crippen LogP contribution in [0.5, 0.6) is 0 Å². The number of nitrogens with one attached hydrogen (secondary N) is 3. The van der Waals surface area contributed by atoms with E-state index in [0.29, 0.717) is 50.3 Å². The number of rotatable bonds is 6. The molecule has 6 unspecified atom stereocenters. The van der Waals surface area contributed by atoms with Gasteiger partial charge < -0.3 is 142 Å². The molecule has 0 aromatic carbocycles. The smallest absolute Gasteiger partial charge is 0.325 e. The number of nitrogen functional groups attached to an aromatic ring is 6. The number of imidazole rings is 4. The molecule has 22 heterocycles. The number of pyridine rings is 3. The molecule has 27 atom stereocenters. The predicted molar refractivity (Wildman–Crippen MR) is 478 cm³/mol. The highest BCUT2D eigenvalue weighted by Gasteiger charge is 2.68. The van der Waals surface area contributed by atoms with Gasteiger partial charge in [0.15, 0.2) is 88.6 Å². The lowest BCUT2D eigenvalue weighted by atomic mass is 10.0. The highest BCUT2D eigenvalue weighted by Crippen LogP contribution is 2.63. The number of fused-ring (bicyclic) bond motifs is 14. The van der Waals surface area contributed by atoms with Crippen LogP contribution in [0.3, 0.4) is 0 Å². The zero-order chi connectivity index (χ0) is 95.0. The van der Waals surface area contributed by atoms with Gasteiger partial charge in [-0.2, -0.15) is 15.0 Å². The van der Waals surface area contributed by atoms with Crippen LogP contribution in [-0.2, 0) is 158 Å². The number of aromatic nitrogens is 19. The lowest BCUT2D eigenvalue weighted by Crippen LogP contribution is -2.46. The standard InChI is InChI=1S/C22H23F2N9O10P2S2.2C22H25FN8O9P2S2/c23-22(24)9-3-38-44(35,46)42-13-12-18(32-6-28-10-8(25)1-2-27-15(10)32)41-21(13,4-37-12)5-39-45(36,47)43-14(22)19(40-9)33-7-29-11-16(33)30-20(26)31-17(11)34;2*23-15-13-7-36-41(33,43)39-11-5-14(30-4-2-9-10(24)1-3-26-18(9)30)37-12(11)6-35-42(34,44)40-17(15)21(38-13)31-8-27-16-19(31)28-22(25)29-20(16)32/h1-2,6-7,9,12-14,18-19H,3-5H2,(H2,25,27)(H,35,46)(H,36,47)(H3,26,30,31,34);2*1-4,8,11-15,17,21H,5-7H2,(H2,24,26)(H,33,43)(H,34,44)(H3,25,28,29,32)/t9-,12-,13+,14+,18-,19-,21-,44?,45?;2*11-,12+,13+,14+,15+,17+,21+,41?,42?/m100/s1. The number of nitrogens with two attached hydrogens (primary N) is 6. The number of nitrogens with zero attached hydrogens (tertiary/aromatic N) is 16. The summed E-state index contributed by atoms with van der Waals surface area (Å²) in [6, 6.07) is 8.49. The molecule has 53 nitrogen and oxygen atoms in total. The van der Waals surface area contributed by atoms with Crippen molar-refractivity contribution in [2.75, 3.05) is 80.7 Å². The molecule has 0 radical (unpaired) electrons. The Labute approximate surface area is 780 Å². The fourth-order valence-electron chi connectivity index (χ4n) is 17.0. The summed E-state index contributed by atoms with van der Waals surface area (Å²) >= 11 is 31.4. The van der Waals surface area contributed by atoms with Gasteiger partial charge in [-0.15, -0.1) is 0 Å². The molecule has 0 spiro atoms. The van der Waals surface area contributed by atoms with Crippen LogP contribution < -0.4 is 51.1 Å². The molecular weight excluding hydrogens is 2050 g/mol. The average Bonchev–Trinajstić information content (AvgIpc) is 1.56. The van der Waals surface area contributed by atoms with Crippen molar-refractivity contribution >= 4 is 213 Å². The van der Waals surface area contributed by atoms with Crippen LogP contribution in [0.4, 0.5) is 52.5 Å². The summed E-state index contributed by atoms with van der Waals surface area (Å²) in [7, 11) is 0. The normalized spacial score (nSPS) is 37.3. The third-order valence-corrected chi connectivity index (χ3v) is 32.5. The molecule has 21 N–H and O–H groups in total. The molecule has 0 saturated carbocycles. The first-order chi connectivity index (χ1) is 64.0. The number of hydrogen-bond acceptors (Lipinski definition) is 44. The second-order valence-electron chi connectivity index (χ2n) is 31.6. The molecule has 724 valence electrons. The van der Waals surface area contributed by atoms with Crippen LogP contribution in [0.25, 0.3) is 66.7 Å². The van der Waals surface area contributed by atoms with E-state index < -0.39 is 218 Å². The van der Waals surface area contributed by atoms with Gasteiger partial charge in [0, 0.05) is 66.0 Å². The van der Waals surface area contributed by atoms with E-state index in [1.54, 1.807) is 64.3 Å². The molecule has 10 saturated heterocycles. The van der Waals surface area contributed by atoms with Gasteiger partial charge >= 0.3 is 46.2 Å². The van der Waals surface area contributed by atoms with Crippen molar-refractivity contribution in [2.45, 2.75) is 147 Å². The molecule has 135 heavy (non-hydrogen) atoms. The Kier molecular flexibility index (Phi) is 25.1. The fourth-order valence-corrected chi connectivity index (χ4v) is 25.6. The summed E-state index contributed by atoms with van der Waals surface area (Å²) in [5.41, 5.74) is 34.2. The van der Waals surface area contributed by atoms with Crippen molar-refractivity contribution in [3.05, 3.63) is 118 Å². The average molecular weight is 2120 g/mol. The molecule has 10 aliphatic heterocycles. The summed E-state index contributed by atoms with van der Waals surface area (Å²) in [6.45, 7) is -29.0. The zero-order valence-corrected chi connectivity index (χ0v) is 78.2. The van der Waals surface area contributed by atoms with Gasteiger partial charge in [-0.3, -0.25) is 65.7 Å². The molecule has 69 heteroatoms. The number of halogens is 4. The van der Waals surface area contributed by atoms with Crippen LogP contribution in [0.2, 0.25) is 0 Å². The monoisotopic (exact) mass is 2120 g/mol. The van der Waals surface area contributed by atoms with E-state index in [9.17, 15) is 43.7 Å². The van der Waals surface area contributed by atoms with Gasteiger partial charge in [-0.1, -0.05) is 0 Å². The van der Waals surface area contributed by atoms with Gasteiger partial charge in [0.1, 0.15) is 83.7 Å². The summed E-state index contributed by atoms with van der Waals surface area (Å²) < 4.78 is 182. The first-order valence-electron chi connectivity index (χ1n) is 39.8. The van der Waals surface area contributed by atoms with E-state index in [1.807, 2.05) is 0 Å². The third-order valence-electron chi connectivity index (χ3n) is 23.1. The van der Waals surface area contributed by atoms with E-state index in [1.165, 1.54) is 38.9 Å². The lowest BCUT2D eigenvalue weighted by Gasteiger charge is -2.33. The van der Waals surface area contributed by atoms with Crippen LogP contribution in [0.1, 0.15) is 50.2 Å². The minimum Gasteiger partial charge on any atom is -0.398 e. The van der Waals surface area contributed by atoms with Crippen molar-refractivity contribution in [3.63, 3.8) is 0 Å². The van der Waals surface area contributed by atoms with Gasteiger partial charge in [0.05, 0.1) is 89.5 Å². The van der Waals surface area contributed by atoms with Crippen LogP contribution in [-0.4, -0.2) is 265 Å². The fraction of sp³-hybridized carbons (Fsp3) is 0.470. The molecule has 8 bridgehead atoms. The third kappa shape index (κ3) is 18.2. The van der Waals surface area contributed by atoms with Gasteiger partial charge in [0.25, 0.3) is 16.7 Å². The largest absolute Gasteiger partial charge is 0.398 e. The molecule has 12 aromatic rings. The number of ether oxygens (including phenoxy) is 7. The minimum atomic E-state index is -4.57. The first-order valence-corrected chi connectivity index (χ1v) is 55.3. The summed E-state index contributed by atoms with van der Waals surface area (Å²) in [5, 5.41) is 1.42. The van der Waals surface area contributed by atoms with Gasteiger partial charge in [0.2, 0.25) is 17.8 Å². The van der Waals surface area contributed by atoms with Crippen molar-refractivity contribution in [1.82, 2.24) is 92.2 Å². The second-order valence-corrected chi connectivity index (χ2v) is 48.3. The maximum absolute atomic E-state index is 16.0. The van der Waals surface area contributed by atoms with Crippen molar-refractivity contribution < 1.29 is 134 Å². The SMILES string of the molecule is Nc1nc2c(ncn2[C@@H]2O[C@@H]3COP(O)(=S)O[C@H]4C[C@H](n5ccc6c(N)ccnc65)O[C@@H]4COP(O)(=S)O[C@@H]2[C@@H]3F)c(=O)[nH]1.Nc1nc2c(ncn2[C@@H]2O[C@@H]3COP(O)(=S)O[C@H]4C[C@H](n5ccc6c(N)ccnc65)O[C@@H]4COP(O)(=S)O[C@@H]2[C@@H]3F)c(=O)[nH]1.Nc1nc2c(ncn2[C@@H]2O[C@@H]3COP(O)(=S)O[C@H]4[C@H]5OC[C@]4(COP(O)(=S)O[C@@H]2C3(F)F)O[C@H]5n2cnc3c(N)ccnc32)c(=O)[nH]1. The highest BCUT2D eigenvalue weighted by molar-refractivity contribution is 8.08. The van der Waals surface area contributed by atoms with Crippen LogP contribution in [0, 0.1) is 0 Å². The Morgan fingerprint density at radius 3 is 1.24 bits per heavy atom. The quantitative estimate of drug-likeness (QED) is 0.0839. The molecule has 10 fully saturated rings. The van der Waals surface area contributed by atoms with Crippen molar-refractivity contribution in [1.29, 1.82) is 0 Å². The van der Waals surface area contributed by atoms with Crippen LogP contribution in [0.15, 0.2) is 101 Å². The van der Waals surface area contributed by atoms with E-state index in [4.69, 9.17) is 193 Å². The molecule has 10 aliphatic rings. The second kappa shape index (κ2) is 35.6. The topological polar surface area (TPSA) is 710 Å². The first kappa shape index (κ1) is 95.0. The van der Waals surface area contributed by atoms with E-state index in [2.05, 4.69) is 64.8 Å². The minimum absolute atomic E-state index is 0.0375. The van der Waals surface area contributed by atoms with Crippen LogP contribution >= 0.6 is 40.3 Å². The Bertz CT molecular complexity index is 6950. The molecular formula is C66H73F4N25O28P6S6. The maximum Gasteiger partial charge on any atom is 0.325 e. The highest BCUT2D eigenvalue weighted by atomic mass is 32.5. The van der Waals surface area contributed by atoms with Gasteiger partial charge in [-0.05, 0) is 101 Å². The number of H-pyrrole nitrogens is 3. The van der Waals surface area contributed by atoms with Crippen molar-refractivity contribution in [3.8, 4) is 0 Å². The Balaban J connectivity index is 0.000000126. The van der Waals surface area contributed by atoms with Crippen molar-refractivity contribution in [2.24, 2.45) is 0 Å². The Morgan fingerprint density at radius 1 is 0.393 bits per heavy atom. The summed E-state index contributed by atoms with van der Waals surface area (Å²) in [6.07, 6.45) is -13.8. The summed E-state index contributed by atoms with van der Waals surface area (Å²) in [5.74, 6) is -4.72. The summed E-state index contributed by atoms with van der Waals surface area (Å²) in [4.78, 5) is 152. The number of alkyl halides is 4. The Hall–Kier alpha value is -7.53. The van der Waals surface area contributed by atoms with E-state index in [-0.39, 0.29) is 84.0 Å². The molecule has 0 aliphatic carbocycles. The van der Waals surface area contributed by atoms with E-state index >= 15 is 17.6 Å². The molecule has 0 amide bonds. The lowest BCUT2D eigenvalue weighted by molar-refractivity contribution is -0.183. The zero-order valence-electron chi connectivity index (χ0n) is 67.9. The number of aromatic amines is 3. The van der Waals surface area contributed by atoms with Gasteiger partial charge in [-0.25, -0.2) is 52.4 Å². The number of hydrogen-bond donors (Lipinski definition) is 15. The Morgan fingerprint density at radius 2 is 0.778 bits per heavy atom. The van der Waals surface area contributed by atoms with E-state index in [0.717, 1.165) is 10.9 Å². The number of anilines is 6.